The van der Waals surface area contributed by atoms with Gasteiger partial charge in [-0.25, -0.2) is 4.79 Å². The highest BCUT2D eigenvalue weighted by Gasteiger charge is 2.35. The number of halogens is 4. The van der Waals surface area contributed by atoms with E-state index in [1.807, 2.05) is 22.6 Å². The highest BCUT2D eigenvalue weighted by molar-refractivity contribution is 14.1. The van der Waals surface area contributed by atoms with Crippen LogP contribution in [0.15, 0.2) is 40.4 Å². The molecule has 172 valence electrons. The van der Waals surface area contributed by atoms with Crippen LogP contribution in [0.25, 0.3) is 6.08 Å². The Morgan fingerprint density at radius 2 is 2.03 bits per heavy atom. The van der Waals surface area contributed by atoms with Gasteiger partial charge in [-0.3, -0.25) is 19.8 Å². The molecule has 0 spiro atoms. The summed E-state index contributed by atoms with van der Waals surface area (Å²) in [4.78, 5) is 38.5. The second-order valence-electron chi connectivity index (χ2n) is 6.44. The molecule has 0 aromatic heterocycles. The molecule has 7 nitrogen and oxygen atoms in total. The maximum atomic E-state index is 13.2. The molecule has 3 rings (SSSR count). The first-order valence-electron chi connectivity index (χ1n) is 9.27. The zero-order chi connectivity index (χ0) is 24.3. The predicted octanol–water partition coefficient (Wildman–Crippen LogP) is 5.13. The van der Waals surface area contributed by atoms with E-state index in [1.54, 1.807) is 37.3 Å². The quantitative estimate of drug-likeness (QED) is 0.149. The highest BCUT2D eigenvalue weighted by atomic mass is 127. The number of hydrogen-bond acceptors (Lipinski definition) is 6. The Morgan fingerprint density at radius 1 is 1.30 bits per heavy atom. The van der Waals surface area contributed by atoms with Crippen LogP contribution in [-0.4, -0.2) is 36.1 Å². The minimum atomic E-state index is -0.651. The fraction of sp³-hybridized carbons (Fsp3) is 0.143. The van der Waals surface area contributed by atoms with Crippen molar-refractivity contribution in [1.29, 1.82) is 0 Å². The summed E-state index contributed by atoms with van der Waals surface area (Å²) in [6.45, 7) is 1.71. The Balaban J connectivity index is 1.94. The van der Waals surface area contributed by atoms with E-state index in [0.29, 0.717) is 19.4 Å². The van der Waals surface area contributed by atoms with Gasteiger partial charge in [0, 0.05) is 0 Å². The topological polar surface area (TPSA) is 84.9 Å². The van der Waals surface area contributed by atoms with Crippen LogP contribution in [-0.2, 0) is 19.1 Å². The third-order valence-corrected chi connectivity index (χ3v) is 6.73. The van der Waals surface area contributed by atoms with E-state index in [4.69, 9.17) is 44.9 Å². The van der Waals surface area contributed by atoms with Crippen molar-refractivity contribution in [2.24, 2.45) is 0 Å². The average Bonchev–Trinajstić information content (AvgIpc) is 2.73. The number of anilines is 1. The lowest BCUT2D eigenvalue weighted by atomic mass is 10.1. The Labute approximate surface area is 226 Å². The number of carbonyl (C=O) groups is 3. The standard InChI is InChI=1S/C21H14BrCl2IN2O5S/c1-2-31-16(28)9-32-18-12(22)7-10(8-14(18)25)6-11-19(29)26-21(33)27(20(11)30)15-5-3-4-13(23)17(15)24/h3-8H,2,9H2,1H3,(H,26,29,33)/b11-6+. The molecule has 33 heavy (non-hydrogen) atoms. The molecule has 2 aromatic rings. The molecule has 2 amide bonds. The van der Waals surface area contributed by atoms with E-state index in [2.05, 4.69) is 21.2 Å². The summed E-state index contributed by atoms with van der Waals surface area (Å²) >= 11 is 22.9. The van der Waals surface area contributed by atoms with E-state index >= 15 is 0 Å². The van der Waals surface area contributed by atoms with E-state index in [0.717, 1.165) is 4.90 Å². The summed E-state index contributed by atoms with van der Waals surface area (Å²) in [7, 11) is 0. The van der Waals surface area contributed by atoms with Crippen molar-refractivity contribution in [3.05, 3.63) is 59.6 Å². The van der Waals surface area contributed by atoms with Crippen LogP contribution in [0, 0.1) is 3.57 Å². The number of ether oxygens (including phenoxy) is 2. The van der Waals surface area contributed by atoms with Crippen molar-refractivity contribution < 1.29 is 23.9 Å². The molecule has 12 heteroatoms. The van der Waals surface area contributed by atoms with Gasteiger partial charge in [0.1, 0.15) is 11.3 Å². The SMILES string of the molecule is CCOC(=O)COc1c(Br)cc(/C=C2\C(=O)NC(=S)N(c3cccc(Cl)c3Cl)C2=O)cc1I. The van der Waals surface area contributed by atoms with Gasteiger partial charge in [0.05, 0.1) is 30.4 Å². The van der Waals surface area contributed by atoms with Crippen molar-refractivity contribution in [3.8, 4) is 5.75 Å². The van der Waals surface area contributed by atoms with Gasteiger partial charge in [0.25, 0.3) is 11.8 Å². The van der Waals surface area contributed by atoms with Gasteiger partial charge in [0.2, 0.25) is 0 Å². The van der Waals surface area contributed by atoms with Crippen molar-refractivity contribution >= 4 is 109 Å². The molecule has 1 aliphatic rings. The number of hydrogen-bond donors (Lipinski definition) is 1. The van der Waals surface area contributed by atoms with Crippen LogP contribution in [0.1, 0.15) is 12.5 Å². The average molecular weight is 684 g/mol. The number of amides is 2. The molecule has 0 unspecified atom stereocenters. The molecule has 0 atom stereocenters. The number of esters is 1. The second-order valence-corrected chi connectivity index (χ2v) is 9.63. The molecule has 1 fully saturated rings. The third-order valence-electron chi connectivity index (χ3n) is 4.25. The van der Waals surface area contributed by atoms with Crippen LogP contribution in [0.3, 0.4) is 0 Å². The maximum absolute atomic E-state index is 13.2. The van der Waals surface area contributed by atoms with Crippen molar-refractivity contribution in [1.82, 2.24) is 5.32 Å². The van der Waals surface area contributed by atoms with Crippen LogP contribution >= 0.6 is 73.9 Å². The van der Waals surface area contributed by atoms with E-state index in [-0.39, 0.29) is 39.6 Å². The third kappa shape index (κ3) is 5.86. The number of nitrogens with one attached hydrogen (secondary N) is 1. The molecule has 1 heterocycles. The number of nitrogens with zero attached hydrogens (tertiary/aromatic N) is 1. The zero-order valence-electron chi connectivity index (χ0n) is 16.8. The molecule has 1 N–H and O–H groups in total. The lowest BCUT2D eigenvalue weighted by Gasteiger charge is -2.29. The summed E-state index contributed by atoms with van der Waals surface area (Å²) in [5.41, 5.74) is 0.643. The molecule has 0 bridgehead atoms. The minimum absolute atomic E-state index is 0.107. The number of thiocarbonyl (C=S) groups is 1. The van der Waals surface area contributed by atoms with Gasteiger partial charge in [0.15, 0.2) is 11.7 Å². The molecular formula is C21H14BrCl2IN2O5S. The Bertz CT molecular complexity index is 1180. The maximum Gasteiger partial charge on any atom is 0.344 e. The second kappa shape index (κ2) is 11.1. The summed E-state index contributed by atoms with van der Waals surface area (Å²) in [6.07, 6.45) is 1.42. The van der Waals surface area contributed by atoms with Crippen LogP contribution in [0.5, 0.6) is 5.75 Å². The Kier molecular flexibility index (Phi) is 8.73. The summed E-state index contributed by atoms with van der Waals surface area (Å²) in [6, 6.07) is 8.12. The van der Waals surface area contributed by atoms with Gasteiger partial charge in [-0.05, 0) is 93.6 Å². The van der Waals surface area contributed by atoms with Crippen molar-refractivity contribution in [2.75, 3.05) is 18.1 Å². The first kappa shape index (κ1) is 25.9. The van der Waals surface area contributed by atoms with Gasteiger partial charge in [-0.15, -0.1) is 0 Å². The summed E-state index contributed by atoms with van der Waals surface area (Å²) in [5, 5.41) is 2.76. The predicted molar refractivity (Wildman–Crippen MR) is 142 cm³/mol. The lowest BCUT2D eigenvalue weighted by molar-refractivity contribution is -0.145. The summed E-state index contributed by atoms with van der Waals surface area (Å²) in [5.74, 6) is -1.36. The fourth-order valence-corrected chi connectivity index (χ4v) is 5.27. The van der Waals surface area contributed by atoms with Crippen LogP contribution < -0.4 is 15.0 Å². The molecule has 2 aromatic carbocycles. The van der Waals surface area contributed by atoms with Crippen molar-refractivity contribution in [2.45, 2.75) is 6.92 Å². The highest BCUT2D eigenvalue weighted by Crippen LogP contribution is 2.35. The summed E-state index contributed by atoms with van der Waals surface area (Å²) < 4.78 is 11.6. The molecule has 0 radical (unpaired) electrons. The molecule has 1 saturated heterocycles. The monoisotopic (exact) mass is 682 g/mol. The number of carbonyl (C=O) groups excluding carboxylic acids is 3. The first-order chi connectivity index (χ1) is 15.6. The first-order valence-corrected chi connectivity index (χ1v) is 12.3. The minimum Gasteiger partial charge on any atom is -0.480 e. The van der Waals surface area contributed by atoms with Crippen LogP contribution in [0.4, 0.5) is 5.69 Å². The number of rotatable bonds is 6. The van der Waals surface area contributed by atoms with Gasteiger partial charge >= 0.3 is 5.97 Å². The van der Waals surface area contributed by atoms with Gasteiger partial charge in [-0.1, -0.05) is 29.3 Å². The van der Waals surface area contributed by atoms with Crippen molar-refractivity contribution in [3.63, 3.8) is 0 Å². The normalized spacial score (nSPS) is 15.0. The van der Waals surface area contributed by atoms with E-state index in [9.17, 15) is 14.4 Å². The molecule has 0 saturated carbocycles. The van der Waals surface area contributed by atoms with E-state index in [1.165, 1.54) is 6.08 Å². The molecule has 0 aliphatic carbocycles. The Hall–Kier alpha value is -1.73. The largest absolute Gasteiger partial charge is 0.480 e. The number of benzene rings is 2. The zero-order valence-corrected chi connectivity index (χ0v) is 22.9. The lowest BCUT2D eigenvalue weighted by Crippen LogP contribution is -2.54. The van der Waals surface area contributed by atoms with Crippen LogP contribution in [0.2, 0.25) is 10.0 Å². The molecule has 1 aliphatic heterocycles. The van der Waals surface area contributed by atoms with Gasteiger partial charge < -0.3 is 9.47 Å². The molecular weight excluding hydrogens is 670 g/mol. The fourth-order valence-electron chi connectivity index (χ4n) is 2.84. The Morgan fingerprint density at radius 3 is 2.70 bits per heavy atom. The smallest absolute Gasteiger partial charge is 0.344 e. The van der Waals surface area contributed by atoms with E-state index < -0.39 is 17.8 Å². The van der Waals surface area contributed by atoms with Gasteiger partial charge in [-0.2, -0.15) is 0 Å².